The number of hydrogen-bond donors (Lipinski definition) is 0. The summed E-state index contributed by atoms with van der Waals surface area (Å²) in [5, 5.41) is 15.2. The van der Waals surface area contributed by atoms with E-state index in [1.807, 2.05) is 11.3 Å². The van der Waals surface area contributed by atoms with Gasteiger partial charge < -0.3 is 9.47 Å². The van der Waals surface area contributed by atoms with Gasteiger partial charge in [-0.2, -0.15) is 0 Å². The number of para-hydroxylation sites is 1. The van der Waals surface area contributed by atoms with Crippen LogP contribution in [0, 0.1) is 0 Å². The first-order valence-corrected chi connectivity index (χ1v) is 21.7. The van der Waals surface area contributed by atoms with Gasteiger partial charge in [-0.1, -0.05) is 146 Å². The van der Waals surface area contributed by atoms with E-state index in [2.05, 4.69) is 228 Å². The van der Waals surface area contributed by atoms with Crippen molar-refractivity contribution in [2.75, 3.05) is 4.90 Å². The molecular weight excluding hydrogens is 757 g/mol. The molecule has 0 unspecified atom stereocenters. The summed E-state index contributed by atoms with van der Waals surface area (Å²) in [5.74, 6) is 0. The highest BCUT2D eigenvalue weighted by molar-refractivity contribution is 7.25. The number of nitrogens with zero attached hydrogens (tertiary/aromatic N) is 2. The van der Waals surface area contributed by atoms with Crippen molar-refractivity contribution in [3.63, 3.8) is 0 Å². The molecule has 0 radical (unpaired) electrons. The van der Waals surface area contributed by atoms with Gasteiger partial charge in [0.1, 0.15) is 0 Å². The molecule has 11 aromatic carbocycles. The normalized spacial score (nSPS) is 11.9. The first-order chi connectivity index (χ1) is 30.2. The Bertz CT molecular complexity index is 3850. The standard InChI is InChI=1S/C58H36N2S/c1-2-14-43-38(12-1)13-11-22-54(43)59(41-29-31-48-46-17-4-3-15-44(46)45-16-5-6-18-47(45)51(48)35-41)40-27-24-37(25-28-40)39-26-32-56-52(34-39)49-19-7-9-21-55(49)60(56)42-30-33-58-53(36-42)50-20-8-10-23-57(50)61-58/h1-36H. The zero-order valence-electron chi connectivity index (χ0n) is 33.1. The Morgan fingerprint density at radius 3 is 1.67 bits per heavy atom. The maximum absolute atomic E-state index is 2.43. The van der Waals surface area contributed by atoms with Gasteiger partial charge in [-0.05, 0) is 122 Å². The average Bonchev–Trinajstić information content (AvgIpc) is 3.87. The highest BCUT2D eigenvalue weighted by atomic mass is 32.1. The molecule has 0 N–H and O–H groups in total. The summed E-state index contributed by atoms with van der Waals surface area (Å²) in [6.45, 7) is 0. The summed E-state index contributed by atoms with van der Waals surface area (Å²) in [6.07, 6.45) is 0. The van der Waals surface area contributed by atoms with E-state index in [1.54, 1.807) is 0 Å². The van der Waals surface area contributed by atoms with Gasteiger partial charge in [0.25, 0.3) is 0 Å². The Morgan fingerprint density at radius 1 is 0.311 bits per heavy atom. The highest BCUT2D eigenvalue weighted by Crippen LogP contribution is 2.44. The van der Waals surface area contributed by atoms with Crippen molar-refractivity contribution >= 4 is 113 Å². The topological polar surface area (TPSA) is 8.17 Å². The molecule has 0 fully saturated rings. The van der Waals surface area contributed by atoms with Crippen LogP contribution in [0.3, 0.4) is 0 Å². The van der Waals surface area contributed by atoms with Crippen LogP contribution < -0.4 is 4.90 Å². The van der Waals surface area contributed by atoms with Crippen LogP contribution in [0.2, 0.25) is 0 Å². The minimum absolute atomic E-state index is 1.11. The lowest BCUT2D eigenvalue weighted by Gasteiger charge is -2.27. The third-order valence-corrected chi connectivity index (χ3v) is 13.9. The second kappa shape index (κ2) is 13.4. The number of rotatable bonds is 5. The molecule has 2 heterocycles. The van der Waals surface area contributed by atoms with E-state index < -0.39 is 0 Å². The van der Waals surface area contributed by atoms with E-state index >= 15 is 0 Å². The lowest BCUT2D eigenvalue weighted by atomic mass is 9.94. The first-order valence-electron chi connectivity index (χ1n) is 20.9. The Balaban J connectivity index is 0.954. The zero-order chi connectivity index (χ0) is 40.0. The van der Waals surface area contributed by atoms with Crippen LogP contribution >= 0.6 is 11.3 Å². The van der Waals surface area contributed by atoms with E-state index in [-0.39, 0.29) is 0 Å². The smallest absolute Gasteiger partial charge is 0.0541 e. The lowest BCUT2D eigenvalue weighted by molar-refractivity contribution is 1.19. The number of aromatic nitrogens is 1. The van der Waals surface area contributed by atoms with Crippen LogP contribution in [-0.4, -0.2) is 4.57 Å². The van der Waals surface area contributed by atoms with E-state index in [0.717, 1.165) is 17.1 Å². The Labute approximate surface area is 356 Å². The minimum atomic E-state index is 1.11. The van der Waals surface area contributed by atoms with Crippen molar-refractivity contribution in [3.05, 3.63) is 218 Å². The fourth-order valence-corrected chi connectivity index (χ4v) is 11.0. The monoisotopic (exact) mass is 792 g/mol. The van der Waals surface area contributed by atoms with Crippen LogP contribution in [-0.2, 0) is 0 Å². The van der Waals surface area contributed by atoms with Crippen molar-refractivity contribution < 1.29 is 0 Å². The number of anilines is 3. The summed E-state index contributed by atoms with van der Waals surface area (Å²) in [5.41, 5.74) is 9.37. The predicted molar refractivity (Wildman–Crippen MR) is 264 cm³/mol. The Morgan fingerprint density at radius 2 is 0.885 bits per heavy atom. The highest BCUT2D eigenvalue weighted by Gasteiger charge is 2.19. The van der Waals surface area contributed by atoms with E-state index in [9.17, 15) is 0 Å². The Hall–Kier alpha value is -7.72. The first kappa shape index (κ1) is 34.2. The number of fused-ring (bicyclic) bond motifs is 13. The molecular formula is C58H36N2S. The average molecular weight is 793 g/mol. The van der Waals surface area contributed by atoms with Crippen LogP contribution in [0.25, 0.3) is 102 Å². The van der Waals surface area contributed by atoms with Gasteiger partial charge in [0.15, 0.2) is 0 Å². The van der Waals surface area contributed by atoms with Crippen LogP contribution in [0.4, 0.5) is 17.1 Å². The van der Waals surface area contributed by atoms with Gasteiger partial charge in [0.2, 0.25) is 0 Å². The zero-order valence-corrected chi connectivity index (χ0v) is 33.9. The van der Waals surface area contributed by atoms with Crippen LogP contribution in [0.1, 0.15) is 0 Å². The molecule has 0 spiro atoms. The van der Waals surface area contributed by atoms with E-state index in [0.29, 0.717) is 0 Å². The molecule has 0 saturated carbocycles. The van der Waals surface area contributed by atoms with Crippen LogP contribution in [0.5, 0.6) is 0 Å². The molecule has 284 valence electrons. The van der Waals surface area contributed by atoms with E-state index in [1.165, 1.54) is 102 Å². The summed E-state index contributed by atoms with van der Waals surface area (Å²) >= 11 is 1.86. The molecule has 3 heteroatoms. The molecule has 0 atom stereocenters. The molecule has 13 rings (SSSR count). The van der Waals surface area contributed by atoms with Gasteiger partial charge in [-0.15, -0.1) is 11.3 Å². The van der Waals surface area contributed by atoms with Gasteiger partial charge in [-0.25, -0.2) is 0 Å². The van der Waals surface area contributed by atoms with Crippen LogP contribution in [0.15, 0.2) is 218 Å². The summed E-state index contributed by atoms with van der Waals surface area (Å²) in [7, 11) is 0. The second-order valence-corrected chi connectivity index (χ2v) is 17.1. The third-order valence-electron chi connectivity index (χ3n) is 12.7. The van der Waals surface area contributed by atoms with Gasteiger partial charge in [-0.3, -0.25) is 0 Å². The third kappa shape index (κ3) is 5.28. The van der Waals surface area contributed by atoms with Gasteiger partial charge in [0, 0.05) is 53.4 Å². The van der Waals surface area contributed by atoms with Gasteiger partial charge >= 0.3 is 0 Å². The SMILES string of the molecule is c1ccc2c(N(c3ccc(-c4ccc5c(c4)c4ccccc4n5-c4ccc5sc6ccccc6c5c4)cc3)c3ccc4c5ccccc5c5ccccc5c4c3)cccc2c1. The fourth-order valence-electron chi connectivity index (χ4n) is 9.95. The molecule has 0 aliphatic rings. The maximum atomic E-state index is 2.43. The van der Waals surface area contributed by atoms with Crippen molar-refractivity contribution in [2.24, 2.45) is 0 Å². The molecule has 0 aliphatic carbocycles. The maximum Gasteiger partial charge on any atom is 0.0541 e. The second-order valence-electron chi connectivity index (χ2n) is 16.1. The molecule has 0 bridgehead atoms. The van der Waals surface area contributed by atoms with Crippen molar-refractivity contribution in [3.8, 4) is 16.8 Å². The summed E-state index contributed by atoms with van der Waals surface area (Å²) < 4.78 is 5.08. The molecule has 2 aromatic heterocycles. The van der Waals surface area contributed by atoms with Gasteiger partial charge in [0.05, 0.1) is 16.7 Å². The minimum Gasteiger partial charge on any atom is -0.310 e. The van der Waals surface area contributed by atoms with E-state index in [4.69, 9.17) is 0 Å². The Kier molecular flexibility index (Phi) is 7.51. The number of hydrogen-bond acceptors (Lipinski definition) is 2. The molecule has 0 saturated heterocycles. The number of thiophene rings is 1. The fraction of sp³-hybridized carbons (Fsp3) is 0. The van der Waals surface area contributed by atoms with Crippen molar-refractivity contribution in [1.29, 1.82) is 0 Å². The molecule has 0 aliphatic heterocycles. The molecule has 2 nitrogen and oxygen atoms in total. The number of benzene rings is 11. The largest absolute Gasteiger partial charge is 0.310 e. The van der Waals surface area contributed by atoms with Crippen molar-refractivity contribution in [2.45, 2.75) is 0 Å². The van der Waals surface area contributed by atoms with Crippen molar-refractivity contribution in [1.82, 2.24) is 4.57 Å². The predicted octanol–water partition coefficient (Wildman–Crippen LogP) is 16.9. The summed E-state index contributed by atoms with van der Waals surface area (Å²) in [6, 6.07) is 80.6. The molecule has 61 heavy (non-hydrogen) atoms. The quantitative estimate of drug-likeness (QED) is 0.158. The molecule has 13 aromatic rings. The molecule has 0 amide bonds. The summed E-state index contributed by atoms with van der Waals surface area (Å²) in [4.78, 5) is 2.43. The lowest BCUT2D eigenvalue weighted by Crippen LogP contribution is -2.10.